The van der Waals surface area contributed by atoms with E-state index in [1.807, 2.05) is 0 Å². The Hall–Kier alpha value is -2.68. The molecule has 0 bridgehead atoms. The van der Waals surface area contributed by atoms with E-state index in [-0.39, 0.29) is 23.1 Å². The highest BCUT2D eigenvalue weighted by molar-refractivity contribution is 7.80. The van der Waals surface area contributed by atoms with E-state index >= 15 is 0 Å². The van der Waals surface area contributed by atoms with E-state index in [4.69, 9.17) is 12.2 Å². The van der Waals surface area contributed by atoms with Gasteiger partial charge in [0.05, 0.1) is 12.0 Å². The van der Waals surface area contributed by atoms with Crippen molar-refractivity contribution in [2.24, 2.45) is 0 Å². The van der Waals surface area contributed by atoms with Crippen LogP contribution in [0.3, 0.4) is 0 Å². The highest BCUT2D eigenvalue weighted by atomic mass is 32.1. The van der Waals surface area contributed by atoms with Crippen molar-refractivity contribution in [1.82, 2.24) is 15.8 Å². The van der Waals surface area contributed by atoms with E-state index in [0.717, 1.165) is 12.1 Å². The van der Waals surface area contributed by atoms with Crippen molar-refractivity contribution in [2.75, 3.05) is 5.32 Å². The van der Waals surface area contributed by atoms with Crippen LogP contribution in [0.15, 0.2) is 48.7 Å². The lowest BCUT2D eigenvalue weighted by molar-refractivity contribution is -0.137. The average molecular weight is 354 g/mol. The van der Waals surface area contributed by atoms with Gasteiger partial charge in [0.15, 0.2) is 5.11 Å². The van der Waals surface area contributed by atoms with Gasteiger partial charge in [0.2, 0.25) is 5.91 Å². The summed E-state index contributed by atoms with van der Waals surface area (Å²) in [6.07, 6.45) is -2.83. The van der Waals surface area contributed by atoms with Crippen LogP contribution in [0.5, 0.6) is 0 Å². The second-order valence-electron chi connectivity index (χ2n) is 4.70. The zero-order valence-corrected chi connectivity index (χ0v) is 13.0. The third-order valence-corrected chi connectivity index (χ3v) is 3.04. The molecule has 126 valence electrons. The van der Waals surface area contributed by atoms with Crippen LogP contribution in [0.2, 0.25) is 0 Å². The zero-order valence-electron chi connectivity index (χ0n) is 12.2. The van der Waals surface area contributed by atoms with Gasteiger partial charge in [0, 0.05) is 17.6 Å². The molecule has 1 heterocycles. The number of amides is 1. The maximum absolute atomic E-state index is 12.6. The van der Waals surface area contributed by atoms with E-state index in [0.29, 0.717) is 5.69 Å². The van der Waals surface area contributed by atoms with Gasteiger partial charge in [-0.15, -0.1) is 0 Å². The summed E-state index contributed by atoms with van der Waals surface area (Å²) < 4.78 is 37.9. The van der Waals surface area contributed by atoms with Gasteiger partial charge < -0.3 is 5.32 Å². The average Bonchev–Trinajstić information content (AvgIpc) is 2.53. The fourth-order valence-corrected chi connectivity index (χ4v) is 1.94. The summed E-state index contributed by atoms with van der Waals surface area (Å²) in [6, 6.07) is 9.74. The summed E-state index contributed by atoms with van der Waals surface area (Å²) in [5, 5.41) is 2.53. The number of aromatic nitrogens is 1. The van der Waals surface area contributed by atoms with Crippen LogP contribution in [0.1, 0.15) is 11.3 Å². The molecule has 5 nitrogen and oxygen atoms in total. The topological polar surface area (TPSA) is 66.0 Å². The van der Waals surface area contributed by atoms with Gasteiger partial charge >= 0.3 is 6.18 Å². The summed E-state index contributed by atoms with van der Waals surface area (Å²) in [6.45, 7) is 0. The molecule has 1 amide bonds. The normalized spacial score (nSPS) is 10.8. The first-order chi connectivity index (χ1) is 11.3. The van der Waals surface area contributed by atoms with Crippen molar-refractivity contribution in [1.29, 1.82) is 0 Å². The van der Waals surface area contributed by atoms with Gasteiger partial charge in [-0.05, 0) is 42.5 Å². The van der Waals surface area contributed by atoms with Gasteiger partial charge in [-0.2, -0.15) is 13.2 Å². The number of benzene rings is 1. The lowest BCUT2D eigenvalue weighted by Crippen LogP contribution is -2.44. The molecular formula is C15H13F3N4OS. The highest BCUT2D eigenvalue weighted by Gasteiger charge is 2.30. The number of nitrogens with one attached hydrogen (secondary N) is 3. The molecule has 0 saturated carbocycles. The van der Waals surface area contributed by atoms with Crippen molar-refractivity contribution in [3.63, 3.8) is 0 Å². The van der Waals surface area contributed by atoms with E-state index in [1.54, 1.807) is 24.4 Å². The Morgan fingerprint density at radius 1 is 1.12 bits per heavy atom. The van der Waals surface area contributed by atoms with Crippen LogP contribution in [-0.4, -0.2) is 16.0 Å². The van der Waals surface area contributed by atoms with Crippen molar-refractivity contribution in [3.05, 3.63) is 59.9 Å². The fraction of sp³-hybridized carbons (Fsp3) is 0.133. The molecule has 0 spiro atoms. The van der Waals surface area contributed by atoms with Crippen molar-refractivity contribution < 1.29 is 18.0 Å². The van der Waals surface area contributed by atoms with E-state index < -0.39 is 11.7 Å². The highest BCUT2D eigenvalue weighted by Crippen LogP contribution is 2.30. The molecule has 3 N–H and O–H groups in total. The molecule has 0 saturated heterocycles. The number of hydrogen-bond donors (Lipinski definition) is 3. The number of nitrogens with zero attached hydrogens (tertiary/aromatic N) is 1. The Kier molecular flexibility index (Phi) is 5.69. The van der Waals surface area contributed by atoms with Crippen molar-refractivity contribution in [3.8, 4) is 0 Å². The summed E-state index contributed by atoms with van der Waals surface area (Å²) in [5.74, 6) is -0.387. The van der Waals surface area contributed by atoms with Crippen LogP contribution >= 0.6 is 12.2 Å². The molecule has 2 aromatic rings. The van der Waals surface area contributed by atoms with E-state index in [1.165, 1.54) is 12.1 Å². The number of alkyl halides is 3. The van der Waals surface area contributed by atoms with Crippen LogP contribution in [0, 0.1) is 0 Å². The second kappa shape index (κ2) is 7.73. The van der Waals surface area contributed by atoms with Gasteiger partial charge in [0.25, 0.3) is 0 Å². The monoisotopic (exact) mass is 354 g/mol. The van der Waals surface area contributed by atoms with Crippen LogP contribution in [-0.2, 0) is 17.4 Å². The number of carbonyl (C=O) groups is 1. The standard InChI is InChI=1S/C15H13F3N4OS/c16-15(17,18)10-4-3-6-12(8-10)20-14(24)22-21-13(23)9-11-5-1-2-7-19-11/h1-8H,9H2,(H,21,23)(H2,20,22,24). The number of anilines is 1. The molecule has 0 aliphatic rings. The molecule has 0 atom stereocenters. The number of hydrazine groups is 1. The third-order valence-electron chi connectivity index (χ3n) is 2.83. The fourth-order valence-electron chi connectivity index (χ4n) is 1.77. The first-order valence-electron chi connectivity index (χ1n) is 6.77. The number of pyridine rings is 1. The molecule has 9 heteroatoms. The lowest BCUT2D eigenvalue weighted by Gasteiger charge is -2.13. The molecule has 1 aromatic carbocycles. The summed E-state index contributed by atoms with van der Waals surface area (Å²) in [4.78, 5) is 15.7. The van der Waals surface area contributed by atoms with Gasteiger partial charge in [-0.1, -0.05) is 12.1 Å². The summed E-state index contributed by atoms with van der Waals surface area (Å²) >= 11 is 4.92. The largest absolute Gasteiger partial charge is 0.416 e. The Morgan fingerprint density at radius 2 is 1.92 bits per heavy atom. The number of carbonyl (C=O) groups excluding carboxylic acids is 1. The number of thiocarbonyl (C=S) groups is 1. The predicted molar refractivity (Wildman–Crippen MR) is 86.9 cm³/mol. The molecule has 0 aliphatic carbocycles. The Balaban J connectivity index is 1.84. The first-order valence-corrected chi connectivity index (χ1v) is 7.18. The minimum atomic E-state index is -4.44. The quantitative estimate of drug-likeness (QED) is 0.584. The molecule has 24 heavy (non-hydrogen) atoms. The molecule has 0 fully saturated rings. The van der Waals surface area contributed by atoms with E-state index in [2.05, 4.69) is 21.2 Å². The van der Waals surface area contributed by atoms with Crippen LogP contribution in [0.25, 0.3) is 0 Å². The number of rotatable bonds is 3. The molecule has 2 rings (SSSR count). The van der Waals surface area contributed by atoms with Gasteiger partial charge in [-0.25, -0.2) is 0 Å². The van der Waals surface area contributed by atoms with Crippen LogP contribution in [0.4, 0.5) is 18.9 Å². The Bertz CT molecular complexity index is 722. The molecule has 0 aliphatic heterocycles. The molecular weight excluding hydrogens is 341 g/mol. The minimum Gasteiger partial charge on any atom is -0.331 e. The minimum absolute atomic E-state index is 0.0382. The zero-order chi connectivity index (χ0) is 17.6. The first kappa shape index (κ1) is 17.7. The number of hydrogen-bond acceptors (Lipinski definition) is 3. The van der Waals surface area contributed by atoms with Gasteiger partial charge in [0.1, 0.15) is 0 Å². The lowest BCUT2D eigenvalue weighted by atomic mass is 10.2. The molecule has 0 radical (unpaired) electrons. The summed E-state index contributed by atoms with van der Waals surface area (Å²) in [5.41, 5.74) is 4.70. The van der Waals surface area contributed by atoms with Crippen molar-refractivity contribution >= 4 is 28.9 Å². The van der Waals surface area contributed by atoms with Crippen LogP contribution < -0.4 is 16.2 Å². The summed E-state index contributed by atoms with van der Waals surface area (Å²) in [7, 11) is 0. The maximum atomic E-state index is 12.6. The number of halogens is 3. The maximum Gasteiger partial charge on any atom is 0.416 e. The molecule has 0 unspecified atom stereocenters. The Morgan fingerprint density at radius 3 is 2.58 bits per heavy atom. The van der Waals surface area contributed by atoms with E-state index in [9.17, 15) is 18.0 Å². The smallest absolute Gasteiger partial charge is 0.331 e. The predicted octanol–water partition coefficient (Wildman–Crippen LogP) is 2.66. The van der Waals surface area contributed by atoms with Crippen molar-refractivity contribution in [2.45, 2.75) is 12.6 Å². The Labute approximate surface area is 141 Å². The molecule has 1 aromatic heterocycles. The SMILES string of the molecule is O=C(Cc1ccccn1)NNC(=S)Nc1cccc(C(F)(F)F)c1. The van der Waals surface area contributed by atoms with Gasteiger partial charge in [-0.3, -0.25) is 20.6 Å². The second-order valence-corrected chi connectivity index (χ2v) is 5.11. The third kappa shape index (κ3) is 5.51.